The van der Waals surface area contributed by atoms with Crippen molar-refractivity contribution < 1.29 is 19.0 Å². The van der Waals surface area contributed by atoms with Crippen molar-refractivity contribution in [2.24, 2.45) is 0 Å². The standard InChI is InChI=1S/C17H18O4/c1-11-5-6-12(9-15(11)20-3)17(18)13-7-8-14(19-2)16(10-13)21-4/h5-10H,1-4H3. The first-order valence-electron chi connectivity index (χ1n) is 6.52. The Kier molecular flexibility index (Phi) is 4.48. The molecule has 110 valence electrons. The quantitative estimate of drug-likeness (QED) is 0.791. The molecule has 0 aliphatic heterocycles. The number of carbonyl (C=O) groups is 1. The summed E-state index contributed by atoms with van der Waals surface area (Å²) in [6.07, 6.45) is 0. The van der Waals surface area contributed by atoms with Gasteiger partial charge in [0, 0.05) is 11.1 Å². The largest absolute Gasteiger partial charge is 0.496 e. The summed E-state index contributed by atoms with van der Waals surface area (Å²) < 4.78 is 15.7. The smallest absolute Gasteiger partial charge is 0.193 e. The third-order valence-corrected chi connectivity index (χ3v) is 3.32. The molecule has 0 unspecified atom stereocenters. The van der Waals surface area contributed by atoms with Crippen molar-refractivity contribution >= 4 is 5.78 Å². The van der Waals surface area contributed by atoms with Crippen LogP contribution in [0.2, 0.25) is 0 Å². The van der Waals surface area contributed by atoms with E-state index in [1.165, 1.54) is 0 Å². The van der Waals surface area contributed by atoms with Crippen LogP contribution < -0.4 is 14.2 Å². The minimum Gasteiger partial charge on any atom is -0.496 e. The lowest BCUT2D eigenvalue weighted by Crippen LogP contribution is -2.03. The van der Waals surface area contributed by atoms with E-state index in [9.17, 15) is 4.79 Å². The van der Waals surface area contributed by atoms with E-state index in [-0.39, 0.29) is 5.78 Å². The molecule has 0 radical (unpaired) electrons. The summed E-state index contributed by atoms with van der Waals surface area (Å²) in [5.41, 5.74) is 2.10. The van der Waals surface area contributed by atoms with E-state index < -0.39 is 0 Å². The zero-order valence-electron chi connectivity index (χ0n) is 12.6. The predicted molar refractivity (Wildman–Crippen MR) is 80.7 cm³/mol. The molecule has 2 aromatic rings. The number of rotatable bonds is 5. The van der Waals surface area contributed by atoms with Gasteiger partial charge in [-0.05, 0) is 36.8 Å². The zero-order chi connectivity index (χ0) is 15.4. The van der Waals surface area contributed by atoms with Gasteiger partial charge in [0.15, 0.2) is 17.3 Å². The minimum atomic E-state index is -0.0887. The van der Waals surface area contributed by atoms with Crippen LogP contribution in [0.15, 0.2) is 36.4 Å². The normalized spacial score (nSPS) is 10.1. The summed E-state index contributed by atoms with van der Waals surface area (Å²) in [6, 6.07) is 10.5. The Morgan fingerprint density at radius 2 is 1.29 bits per heavy atom. The first-order valence-corrected chi connectivity index (χ1v) is 6.52. The second-order valence-corrected chi connectivity index (χ2v) is 4.58. The monoisotopic (exact) mass is 286 g/mol. The first kappa shape index (κ1) is 14.9. The second kappa shape index (κ2) is 6.31. The molecule has 0 aromatic heterocycles. The highest BCUT2D eigenvalue weighted by molar-refractivity contribution is 6.09. The van der Waals surface area contributed by atoms with Crippen LogP contribution >= 0.6 is 0 Å². The van der Waals surface area contributed by atoms with Gasteiger partial charge in [0.1, 0.15) is 5.75 Å². The summed E-state index contributed by atoms with van der Waals surface area (Å²) in [7, 11) is 4.69. The molecular weight excluding hydrogens is 268 g/mol. The van der Waals surface area contributed by atoms with Crippen molar-refractivity contribution in [3.8, 4) is 17.2 Å². The predicted octanol–water partition coefficient (Wildman–Crippen LogP) is 3.25. The Morgan fingerprint density at radius 1 is 0.762 bits per heavy atom. The highest BCUT2D eigenvalue weighted by atomic mass is 16.5. The molecule has 2 aromatic carbocycles. The van der Waals surface area contributed by atoms with Gasteiger partial charge in [-0.15, -0.1) is 0 Å². The number of hydrogen-bond acceptors (Lipinski definition) is 4. The lowest BCUT2D eigenvalue weighted by Gasteiger charge is -2.10. The van der Waals surface area contributed by atoms with Crippen LogP contribution in [-0.2, 0) is 0 Å². The van der Waals surface area contributed by atoms with E-state index in [2.05, 4.69) is 0 Å². The van der Waals surface area contributed by atoms with Gasteiger partial charge in [0.25, 0.3) is 0 Å². The topological polar surface area (TPSA) is 44.8 Å². The van der Waals surface area contributed by atoms with E-state index in [4.69, 9.17) is 14.2 Å². The highest BCUT2D eigenvalue weighted by Gasteiger charge is 2.14. The summed E-state index contributed by atoms with van der Waals surface area (Å²) >= 11 is 0. The number of ketones is 1. The molecule has 0 fully saturated rings. The van der Waals surface area contributed by atoms with E-state index in [1.807, 2.05) is 13.0 Å². The summed E-state index contributed by atoms with van der Waals surface area (Å²) in [5.74, 6) is 1.73. The van der Waals surface area contributed by atoms with Gasteiger partial charge < -0.3 is 14.2 Å². The van der Waals surface area contributed by atoms with E-state index in [0.717, 1.165) is 5.56 Å². The molecule has 0 N–H and O–H groups in total. The maximum Gasteiger partial charge on any atom is 0.193 e. The van der Waals surface area contributed by atoms with Crippen molar-refractivity contribution in [2.45, 2.75) is 6.92 Å². The van der Waals surface area contributed by atoms with Gasteiger partial charge in [-0.3, -0.25) is 4.79 Å². The molecule has 0 atom stereocenters. The number of hydrogen-bond donors (Lipinski definition) is 0. The molecule has 21 heavy (non-hydrogen) atoms. The van der Waals surface area contributed by atoms with Crippen molar-refractivity contribution in [1.29, 1.82) is 0 Å². The number of aryl methyl sites for hydroxylation is 1. The third-order valence-electron chi connectivity index (χ3n) is 3.32. The maximum atomic E-state index is 12.5. The SMILES string of the molecule is COc1cc(C(=O)c2ccc(OC)c(OC)c2)ccc1C. The first-order chi connectivity index (χ1) is 10.1. The van der Waals surface area contributed by atoms with Gasteiger partial charge in [0.2, 0.25) is 0 Å². The Hall–Kier alpha value is -2.49. The Bertz CT molecular complexity index is 662. The van der Waals surface area contributed by atoms with Gasteiger partial charge in [-0.2, -0.15) is 0 Å². The van der Waals surface area contributed by atoms with Crippen LogP contribution in [0.1, 0.15) is 21.5 Å². The van der Waals surface area contributed by atoms with E-state index >= 15 is 0 Å². The fourth-order valence-corrected chi connectivity index (χ4v) is 2.11. The lowest BCUT2D eigenvalue weighted by atomic mass is 10.0. The summed E-state index contributed by atoms with van der Waals surface area (Å²) in [4.78, 5) is 12.5. The van der Waals surface area contributed by atoms with Crippen molar-refractivity contribution in [1.82, 2.24) is 0 Å². The molecule has 4 nitrogen and oxygen atoms in total. The molecule has 2 rings (SSSR count). The van der Waals surface area contributed by atoms with E-state index in [1.54, 1.807) is 51.7 Å². The van der Waals surface area contributed by atoms with Gasteiger partial charge >= 0.3 is 0 Å². The molecule has 0 aliphatic rings. The average Bonchev–Trinajstić information content (AvgIpc) is 2.53. The highest BCUT2D eigenvalue weighted by Crippen LogP contribution is 2.29. The van der Waals surface area contributed by atoms with Gasteiger partial charge in [-0.1, -0.05) is 12.1 Å². The fourth-order valence-electron chi connectivity index (χ4n) is 2.11. The minimum absolute atomic E-state index is 0.0887. The Labute approximate surface area is 124 Å². The van der Waals surface area contributed by atoms with Crippen LogP contribution in [0.4, 0.5) is 0 Å². The molecular formula is C17H18O4. The molecule has 0 saturated heterocycles. The fraction of sp³-hybridized carbons (Fsp3) is 0.235. The number of ether oxygens (including phenoxy) is 3. The molecule has 4 heteroatoms. The van der Waals surface area contributed by atoms with E-state index in [0.29, 0.717) is 28.4 Å². The van der Waals surface area contributed by atoms with Gasteiger partial charge in [-0.25, -0.2) is 0 Å². The molecule has 0 heterocycles. The van der Waals surface area contributed by atoms with Gasteiger partial charge in [0.05, 0.1) is 21.3 Å². The van der Waals surface area contributed by atoms with Crippen molar-refractivity contribution in [2.75, 3.05) is 21.3 Å². The zero-order valence-corrected chi connectivity index (χ0v) is 12.6. The molecule has 0 aliphatic carbocycles. The summed E-state index contributed by atoms with van der Waals surface area (Å²) in [6.45, 7) is 1.93. The van der Waals surface area contributed by atoms with Crippen LogP contribution in [0, 0.1) is 6.92 Å². The molecule has 0 bridgehead atoms. The van der Waals surface area contributed by atoms with Crippen LogP contribution in [0.5, 0.6) is 17.2 Å². The average molecular weight is 286 g/mol. The number of benzene rings is 2. The van der Waals surface area contributed by atoms with Crippen molar-refractivity contribution in [3.05, 3.63) is 53.1 Å². The molecule has 0 amide bonds. The molecule has 0 saturated carbocycles. The molecule has 0 spiro atoms. The summed E-state index contributed by atoms with van der Waals surface area (Å²) in [5, 5.41) is 0. The van der Waals surface area contributed by atoms with Crippen LogP contribution in [0.25, 0.3) is 0 Å². The van der Waals surface area contributed by atoms with Crippen LogP contribution in [-0.4, -0.2) is 27.1 Å². The van der Waals surface area contributed by atoms with Crippen molar-refractivity contribution in [3.63, 3.8) is 0 Å². The third kappa shape index (κ3) is 2.99. The Balaban J connectivity index is 2.40. The number of methoxy groups -OCH3 is 3. The second-order valence-electron chi connectivity index (χ2n) is 4.58. The number of carbonyl (C=O) groups excluding carboxylic acids is 1. The maximum absolute atomic E-state index is 12.5. The van der Waals surface area contributed by atoms with Crippen LogP contribution in [0.3, 0.4) is 0 Å². The lowest BCUT2D eigenvalue weighted by molar-refractivity contribution is 0.103. The Morgan fingerprint density at radius 3 is 1.86 bits per heavy atom.